The molecule has 1 fully saturated rings. The third kappa shape index (κ3) is 7.11. The van der Waals surface area contributed by atoms with Crippen molar-refractivity contribution in [1.29, 1.82) is 0 Å². The second-order valence-electron chi connectivity index (χ2n) is 5.32. The number of ether oxygens (including phenoxy) is 2. The van der Waals surface area contributed by atoms with Gasteiger partial charge in [0.15, 0.2) is 0 Å². The monoisotopic (exact) mass is 296 g/mol. The lowest BCUT2D eigenvalue weighted by atomic mass is 9.93. The van der Waals surface area contributed by atoms with Gasteiger partial charge in [0.05, 0.1) is 6.61 Å². The molecule has 0 aromatic heterocycles. The van der Waals surface area contributed by atoms with Crippen molar-refractivity contribution in [2.24, 2.45) is 0 Å². The van der Waals surface area contributed by atoms with E-state index in [0.29, 0.717) is 24.0 Å². The molecule has 0 aromatic carbocycles. The van der Waals surface area contributed by atoms with E-state index in [2.05, 4.69) is 13.2 Å². The van der Waals surface area contributed by atoms with Gasteiger partial charge in [-0.2, -0.15) is 0 Å². The first-order valence-electron chi connectivity index (χ1n) is 7.58. The van der Waals surface area contributed by atoms with Crippen molar-refractivity contribution >= 4 is 11.9 Å². The fourth-order valence-corrected chi connectivity index (χ4v) is 1.94. The van der Waals surface area contributed by atoms with E-state index in [-0.39, 0.29) is 12.6 Å². The predicted molar refractivity (Wildman–Crippen MR) is 83.8 cm³/mol. The lowest BCUT2D eigenvalue weighted by molar-refractivity contribution is -0.157. The molecule has 0 spiro atoms. The van der Waals surface area contributed by atoms with Gasteiger partial charge in [0.1, 0.15) is 5.60 Å². The molecule has 1 unspecified atom stereocenters. The summed E-state index contributed by atoms with van der Waals surface area (Å²) in [6, 6.07) is 0. The Bertz CT molecular complexity index is 398. The zero-order valence-electron chi connectivity index (χ0n) is 13.8. The Morgan fingerprint density at radius 1 is 1.29 bits per heavy atom. The SMILES string of the molecule is C=C(C)C(=O)OC1(C)CCCCC(=C)C(=O)OCC1.CC. The predicted octanol–water partition coefficient (Wildman–Crippen LogP) is 3.95. The van der Waals surface area contributed by atoms with Crippen LogP contribution in [-0.4, -0.2) is 24.1 Å². The minimum Gasteiger partial charge on any atom is -0.462 e. The van der Waals surface area contributed by atoms with E-state index >= 15 is 0 Å². The quantitative estimate of drug-likeness (QED) is 0.572. The molecule has 0 aromatic rings. The Kier molecular flexibility index (Phi) is 8.67. The molecule has 0 radical (unpaired) electrons. The molecule has 1 aliphatic rings. The minimum absolute atomic E-state index is 0.234. The molecule has 1 rings (SSSR count). The van der Waals surface area contributed by atoms with Gasteiger partial charge in [-0.05, 0) is 39.5 Å². The summed E-state index contributed by atoms with van der Waals surface area (Å²) in [7, 11) is 0. The van der Waals surface area contributed by atoms with Crippen LogP contribution in [0.1, 0.15) is 59.8 Å². The number of cyclic esters (lactones) is 1. The van der Waals surface area contributed by atoms with Crippen LogP contribution in [0.2, 0.25) is 0 Å². The average molecular weight is 296 g/mol. The largest absolute Gasteiger partial charge is 0.462 e. The molecule has 0 saturated carbocycles. The van der Waals surface area contributed by atoms with E-state index in [1.807, 2.05) is 20.8 Å². The van der Waals surface area contributed by atoms with Crippen molar-refractivity contribution in [2.45, 2.75) is 65.4 Å². The number of hydrogen-bond acceptors (Lipinski definition) is 4. The van der Waals surface area contributed by atoms with Crippen LogP contribution in [0.15, 0.2) is 24.3 Å². The molecule has 21 heavy (non-hydrogen) atoms. The highest BCUT2D eigenvalue weighted by Gasteiger charge is 2.30. The zero-order chi connectivity index (χ0) is 16.5. The summed E-state index contributed by atoms with van der Waals surface area (Å²) in [6.07, 6.45) is 3.59. The van der Waals surface area contributed by atoms with Crippen LogP contribution in [0.5, 0.6) is 0 Å². The van der Waals surface area contributed by atoms with Crippen LogP contribution in [0.3, 0.4) is 0 Å². The molecule has 0 bridgehead atoms. The van der Waals surface area contributed by atoms with Crippen LogP contribution < -0.4 is 0 Å². The van der Waals surface area contributed by atoms with Gasteiger partial charge in [-0.15, -0.1) is 0 Å². The van der Waals surface area contributed by atoms with Gasteiger partial charge in [-0.1, -0.05) is 27.0 Å². The molecule has 0 N–H and O–H groups in total. The summed E-state index contributed by atoms with van der Waals surface area (Å²) >= 11 is 0. The second-order valence-corrected chi connectivity index (χ2v) is 5.32. The summed E-state index contributed by atoms with van der Waals surface area (Å²) in [5.74, 6) is -0.745. The first-order chi connectivity index (χ1) is 9.84. The van der Waals surface area contributed by atoms with Crippen LogP contribution >= 0.6 is 0 Å². The van der Waals surface area contributed by atoms with Gasteiger partial charge in [-0.3, -0.25) is 0 Å². The number of carbonyl (C=O) groups is 2. The van der Waals surface area contributed by atoms with Gasteiger partial charge >= 0.3 is 11.9 Å². The van der Waals surface area contributed by atoms with E-state index in [4.69, 9.17) is 9.47 Å². The van der Waals surface area contributed by atoms with Crippen molar-refractivity contribution in [3.63, 3.8) is 0 Å². The number of esters is 2. The Morgan fingerprint density at radius 2 is 1.90 bits per heavy atom. The molecule has 1 aliphatic heterocycles. The van der Waals surface area contributed by atoms with E-state index in [9.17, 15) is 9.59 Å². The topological polar surface area (TPSA) is 52.6 Å². The van der Waals surface area contributed by atoms with Crippen molar-refractivity contribution in [3.05, 3.63) is 24.3 Å². The fourth-order valence-electron chi connectivity index (χ4n) is 1.94. The zero-order valence-corrected chi connectivity index (χ0v) is 13.8. The van der Waals surface area contributed by atoms with Crippen LogP contribution in [-0.2, 0) is 19.1 Å². The molecule has 1 saturated heterocycles. The summed E-state index contributed by atoms with van der Waals surface area (Å²) in [5.41, 5.74) is 0.292. The Balaban J connectivity index is 0.00000191. The number of rotatable bonds is 2. The van der Waals surface area contributed by atoms with Gasteiger partial charge < -0.3 is 9.47 Å². The van der Waals surface area contributed by atoms with Crippen molar-refractivity contribution in [1.82, 2.24) is 0 Å². The Labute approximate surface area is 128 Å². The van der Waals surface area contributed by atoms with Gasteiger partial charge in [0.25, 0.3) is 0 Å². The average Bonchev–Trinajstić information content (AvgIpc) is 2.44. The molecule has 0 aliphatic carbocycles. The number of hydrogen-bond donors (Lipinski definition) is 0. The molecule has 0 amide bonds. The van der Waals surface area contributed by atoms with Crippen molar-refractivity contribution in [3.8, 4) is 0 Å². The highest BCUT2D eigenvalue weighted by atomic mass is 16.6. The molecule has 120 valence electrons. The van der Waals surface area contributed by atoms with Gasteiger partial charge in [-0.25, -0.2) is 9.59 Å². The summed E-state index contributed by atoms with van der Waals surface area (Å²) in [5, 5.41) is 0. The molecule has 1 heterocycles. The summed E-state index contributed by atoms with van der Waals surface area (Å²) in [4.78, 5) is 23.2. The maximum Gasteiger partial charge on any atom is 0.333 e. The molecule has 4 heteroatoms. The maximum absolute atomic E-state index is 11.6. The summed E-state index contributed by atoms with van der Waals surface area (Å²) in [6.45, 7) is 15.0. The number of carbonyl (C=O) groups excluding carboxylic acids is 2. The second kappa shape index (κ2) is 9.37. The molecular formula is C17H28O4. The first kappa shape index (κ1) is 19.4. The highest BCUT2D eigenvalue weighted by molar-refractivity contribution is 5.88. The summed E-state index contributed by atoms with van der Waals surface area (Å²) < 4.78 is 10.6. The lowest BCUT2D eigenvalue weighted by Crippen LogP contribution is -2.34. The van der Waals surface area contributed by atoms with Crippen molar-refractivity contribution < 1.29 is 19.1 Å². The molecular weight excluding hydrogens is 268 g/mol. The van der Waals surface area contributed by atoms with Crippen molar-refractivity contribution in [2.75, 3.05) is 6.61 Å². The third-order valence-electron chi connectivity index (χ3n) is 3.27. The Hall–Kier alpha value is -1.58. The van der Waals surface area contributed by atoms with Gasteiger partial charge in [0, 0.05) is 17.6 Å². The highest BCUT2D eigenvalue weighted by Crippen LogP contribution is 2.26. The lowest BCUT2D eigenvalue weighted by Gasteiger charge is -2.30. The van der Waals surface area contributed by atoms with E-state index in [1.165, 1.54) is 0 Å². The normalized spacial score (nSPS) is 23.2. The van der Waals surface area contributed by atoms with E-state index in [1.54, 1.807) is 6.92 Å². The Morgan fingerprint density at radius 3 is 2.48 bits per heavy atom. The minimum atomic E-state index is -0.602. The fraction of sp³-hybridized carbons (Fsp3) is 0.647. The van der Waals surface area contributed by atoms with Gasteiger partial charge in [0.2, 0.25) is 0 Å². The maximum atomic E-state index is 11.6. The third-order valence-corrected chi connectivity index (χ3v) is 3.27. The van der Waals surface area contributed by atoms with Crippen LogP contribution in [0.25, 0.3) is 0 Å². The van der Waals surface area contributed by atoms with Crippen LogP contribution in [0, 0.1) is 0 Å². The first-order valence-corrected chi connectivity index (χ1v) is 7.58. The van der Waals surface area contributed by atoms with E-state index in [0.717, 1.165) is 19.3 Å². The van der Waals surface area contributed by atoms with E-state index < -0.39 is 11.6 Å². The smallest absolute Gasteiger partial charge is 0.333 e. The molecule has 1 atom stereocenters. The van der Waals surface area contributed by atoms with Crippen LogP contribution in [0.4, 0.5) is 0 Å². The molecule has 4 nitrogen and oxygen atoms in total. The standard InChI is InChI=1S/C15H22O4.C2H6/c1-11(2)13(16)19-15(4)8-6-5-7-12(3)14(17)18-10-9-15;1-2/h1,3,5-10H2,2,4H3;1-2H3.